The van der Waals surface area contributed by atoms with Gasteiger partial charge in [-0.1, -0.05) is 24.3 Å². The van der Waals surface area contributed by atoms with Crippen molar-refractivity contribution in [2.24, 2.45) is 0 Å². The number of furan rings is 1. The number of halogens is 4. The van der Waals surface area contributed by atoms with Gasteiger partial charge < -0.3 is 23.7 Å². The lowest BCUT2D eigenvalue weighted by Gasteiger charge is -2.16. The second-order valence-electron chi connectivity index (χ2n) is 7.98. The molecule has 0 saturated heterocycles. The fraction of sp³-hybridized carbons (Fsp3) is 0.179. The minimum atomic E-state index is -4.42. The van der Waals surface area contributed by atoms with Crippen molar-refractivity contribution in [3.63, 3.8) is 0 Å². The van der Waals surface area contributed by atoms with Gasteiger partial charge in [0.05, 0.1) is 17.2 Å². The highest BCUT2D eigenvalue weighted by Crippen LogP contribution is 2.35. The van der Waals surface area contributed by atoms with Gasteiger partial charge in [-0.25, -0.2) is 4.79 Å². The molecule has 1 atom stereocenters. The first-order chi connectivity index (χ1) is 18.2. The number of rotatable bonds is 10. The highest BCUT2D eigenvalue weighted by molar-refractivity contribution is 14.1. The van der Waals surface area contributed by atoms with E-state index in [4.69, 9.17) is 18.6 Å². The summed E-state index contributed by atoms with van der Waals surface area (Å²) >= 11 is 2.18. The number of benzene rings is 3. The van der Waals surface area contributed by atoms with E-state index in [1.807, 2.05) is 24.3 Å². The molecule has 0 amide bonds. The van der Waals surface area contributed by atoms with E-state index in [1.165, 1.54) is 18.4 Å². The second-order valence-corrected chi connectivity index (χ2v) is 9.23. The first-order valence-corrected chi connectivity index (χ1v) is 12.5. The van der Waals surface area contributed by atoms with E-state index < -0.39 is 24.0 Å². The first kappa shape index (κ1) is 27.5. The van der Waals surface area contributed by atoms with E-state index in [9.17, 15) is 23.1 Å². The molecule has 1 unspecified atom stereocenters. The standard InChI is InChI=1S/C28H22F3IO6/c1-2-35-27(26(33)34)38-23-11-12-24(25-22(23)14-16-37-25)36-15-13-21(18-5-9-20(32)10-6-18)17-3-7-19(8-4-17)28(29,30)31/h3-14,16,27H,2,15H2,1H3,(H,33,34). The molecule has 4 aromatic rings. The minimum absolute atomic E-state index is 0.0784. The van der Waals surface area contributed by atoms with Gasteiger partial charge >= 0.3 is 12.1 Å². The van der Waals surface area contributed by atoms with Crippen molar-refractivity contribution in [1.82, 2.24) is 0 Å². The van der Waals surface area contributed by atoms with Gasteiger partial charge in [0.15, 0.2) is 11.3 Å². The molecule has 4 rings (SSSR count). The summed E-state index contributed by atoms with van der Waals surface area (Å²) in [7, 11) is 0. The smallest absolute Gasteiger partial charge is 0.416 e. The predicted octanol–water partition coefficient (Wildman–Crippen LogP) is 7.39. The molecule has 0 radical (unpaired) electrons. The number of carboxylic acid groups (broad SMARTS) is 1. The number of carboxylic acids is 1. The van der Waals surface area contributed by atoms with Gasteiger partial charge in [0.25, 0.3) is 6.29 Å². The van der Waals surface area contributed by atoms with Gasteiger partial charge in [0.2, 0.25) is 0 Å². The van der Waals surface area contributed by atoms with E-state index in [2.05, 4.69) is 22.6 Å². The van der Waals surface area contributed by atoms with Crippen LogP contribution in [-0.4, -0.2) is 30.6 Å². The van der Waals surface area contributed by atoms with Crippen LogP contribution in [0.4, 0.5) is 13.2 Å². The van der Waals surface area contributed by atoms with Gasteiger partial charge in [-0.2, -0.15) is 13.2 Å². The first-order valence-electron chi connectivity index (χ1n) is 11.4. The molecule has 198 valence electrons. The number of aliphatic carboxylic acids is 1. The van der Waals surface area contributed by atoms with E-state index in [-0.39, 0.29) is 19.0 Å². The molecule has 0 fully saturated rings. The summed E-state index contributed by atoms with van der Waals surface area (Å²) in [6.07, 6.45) is -2.70. The quantitative estimate of drug-likeness (QED) is 0.144. The van der Waals surface area contributed by atoms with Crippen LogP contribution in [0.2, 0.25) is 0 Å². The highest BCUT2D eigenvalue weighted by atomic mass is 127. The zero-order valence-electron chi connectivity index (χ0n) is 20.0. The van der Waals surface area contributed by atoms with Crippen LogP contribution in [0, 0.1) is 3.57 Å². The number of fused-ring (bicyclic) bond motifs is 1. The Morgan fingerprint density at radius 2 is 1.63 bits per heavy atom. The lowest BCUT2D eigenvalue weighted by atomic mass is 9.96. The molecule has 3 aromatic carbocycles. The summed E-state index contributed by atoms with van der Waals surface area (Å²) in [5.74, 6) is -0.631. The Morgan fingerprint density at radius 3 is 2.24 bits per heavy atom. The lowest BCUT2D eigenvalue weighted by Crippen LogP contribution is -2.30. The number of hydrogen-bond acceptors (Lipinski definition) is 5. The molecule has 1 aromatic heterocycles. The van der Waals surface area contributed by atoms with Crippen LogP contribution in [0.1, 0.15) is 23.6 Å². The molecule has 10 heteroatoms. The van der Waals surface area contributed by atoms with Crippen molar-refractivity contribution in [3.8, 4) is 11.5 Å². The Morgan fingerprint density at radius 1 is 1.00 bits per heavy atom. The summed E-state index contributed by atoms with van der Waals surface area (Å²) in [5.41, 5.74) is 1.74. The predicted molar refractivity (Wildman–Crippen MR) is 143 cm³/mol. The zero-order valence-corrected chi connectivity index (χ0v) is 22.2. The van der Waals surface area contributed by atoms with Crippen LogP contribution in [0.5, 0.6) is 11.5 Å². The summed E-state index contributed by atoms with van der Waals surface area (Å²) in [5, 5.41) is 9.81. The van der Waals surface area contributed by atoms with Crippen LogP contribution in [0.25, 0.3) is 16.5 Å². The molecule has 1 N–H and O–H groups in total. The summed E-state index contributed by atoms with van der Waals surface area (Å²) < 4.78 is 62.4. The summed E-state index contributed by atoms with van der Waals surface area (Å²) in [6, 6.07) is 17.3. The summed E-state index contributed by atoms with van der Waals surface area (Å²) in [6.45, 7) is 1.89. The van der Waals surface area contributed by atoms with Crippen molar-refractivity contribution in [2.75, 3.05) is 13.2 Å². The Kier molecular flexibility index (Phi) is 8.62. The molecular weight excluding hydrogens is 616 g/mol. The Hall–Kier alpha value is -3.51. The fourth-order valence-electron chi connectivity index (χ4n) is 3.74. The maximum atomic E-state index is 13.1. The van der Waals surface area contributed by atoms with E-state index in [0.717, 1.165) is 21.3 Å². The molecule has 6 nitrogen and oxygen atoms in total. The third kappa shape index (κ3) is 6.48. The van der Waals surface area contributed by atoms with E-state index >= 15 is 0 Å². The maximum Gasteiger partial charge on any atom is 0.416 e. The van der Waals surface area contributed by atoms with Gasteiger partial charge in [0, 0.05) is 10.2 Å². The molecule has 0 aliphatic rings. The fourth-order valence-corrected chi connectivity index (χ4v) is 4.09. The third-order valence-corrected chi connectivity index (χ3v) is 6.22. The van der Waals surface area contributed by atoms with Crippen LogP contribution in [-0.2, 0) is 15.7 Å². The minimum Gasteiger partial charge on any atom is -0.486 e. The third-order valence-electron chi connectivity index (χ3n) is 5.50. The lowest BCUT2D eigenvalue weighted by molar-refractivity contribution is -0.170. The van der Waals surface area contributed by atoms with Gasteiger partial charge in [0.1, 0.15) is 12.4 Å². The molecule has 0 saturated carbocycles. The molecule has 38 heavy (non-hydrogen) atoms. The average molecular weight is 638 g/mol. The Balaban J connectivity index is 1.60. The van der Waals surface area contributed by atoms with Gasteiger partial charge in [-0.3, -0.25) is 0 Å². The number of hydrogen-bond donors (Lipinski definition) is 1. The molecule has 0 aliphatic carbocycles. The Labute approximate surface area is 229 Å². The monoisotopic (exact) mass is 638 g/mol. The van der Waals surface area contributed by atoms with Crippen LogP contribution in [0.3, 0.4) is 0 Å². The van der Waals surface area contributed by atoms with Crippen molar-refractivity contribution in [3.05, 3.63) is 99.3 Å². The molecule has 1 heterocycles. The zero-order chi connectivity index (χ0) is 27.3. The van der Waals surface area contributed by atoms with E-state index in [0.29, 0.717) is 27.9 Å². The van der Waals surface area contributed by atoms with Crippen LogP contribution in [0.15, 0.2) is 83.5 Å². The molecule has 0 aliphatic heterocycles. The van der Waals surface area contributed by atoms with Crippen LogP contribution < -0.4 is 9.47 Å². The van der Waals surface area contributed by atoms with Crippen molar-refractivity contribution in [1.29, 1.82) is 0 Å². The van der Waals surface area contributed by atoms with E-state index in [1.54, 1.807) is 31.2 Å². The molecule has 0 spiro atoms. The molecular formula is C28H22F3IO6. The summed E-state index contributed by atoms with van der Waals surface area (Å²) in [4.78, 5) is 11.4. The number of alkyl halides is 3. The second kappa shape index (κ2) is 11.9. The Bertz CT molecular complexity index is 1430. The number of ether oxygens (including phenoxy) is 3. The van der Waals surface area contributed by atoms with Crippen molar-refractivity contribution in [2.45, 2.75) is 19.4 Å². The van der Waals surface area contributed by atoms with Gasteiger partial charge in [-0.15, -0.1) is 0 Å². The highest BCUT2D eigenvalue weighted by Gasteiger charge is 2.30. The maximum absolute atomic E-state index is 13.1. The van der Waals surface area contributed by atoms with Gasteiger partial charge in [-0.05, 0) is 94.8 Å². The normalized spacial score (nSPS) is 12.9. The molecule has 0 bridgehead atoms. The van der Waals surface area contributed by atoms with Crippen molar-refractivity contribution >= 4 is 45.1 Å². The van der Waals surface area contributed by atoms with Crippen molar-refractivity contribution < 1.29 is 41.7 Å². The SMILES string of the molecule is CCOC(Oc1ccc(OCC=C(c2ccc(I)cc2)c2ccc(C(F)(F)F)cc2)c2occc12)C(=O)O. The largest absolute Gasteiger partial charge is 0.486 e. The van der Waals surface area contributed by atoms with Crippen LogP contribution >= 0.6 is 22.6 Å². The average Bonchev–Trinajstić information content (AvgIpc) is 3.38. The number of carbonyl (C=O) groups is 1. The topological polar surface area (TPSA) is 78.1 Å².